The van der Waals surface area contributed by atoms with Gasteiger partial charge in [-0.3, -0.25) is 5.41 Å². The topological polar surface area (TPSA) is 33.1 Å². The summed E-state index contributed by atoms with van der Waals surface area (Å²) in [7, 11) is 1.66. The number of thioether (sulfide) groups is 1. The summed E-state index contributed by atoms with van der Waals surface area (Å²) >= 11 is 1.44. The van der Waals surface area contributed by atoms with Gasteiger partial charge in [-0.15, -0.1) is 11.8 Å². The minimum Gasteiger partial charge on any atom is -0.496 e. The molecule has 0 bridgehead atoms. The quantitative estimate of drug-likeness (QED) is 0.616. The molecule has 0 atom stereocenters. The van der Waals surface area contributed by atoms with E-state index < -0.39 is 0 Å². The third-order valence-corrected chi connectivity index (χ3v) is 3.23. The molecule has 15 heavy (non-hydrogen) atoms. The zero-order chi connectivity index (χ0) is 11.6. The lowest BCUT2D eigenvalue weighted by molar-refractivity contribution is 0.410. The monoisotopic (exact) mass is 223 g/mol. The summed E-state index contributed by atoms with van der Waals surface area (Å²) < 4.78 is 5.41. The Hall–Kier alpha value is -0.960. The Labute approximate surface area is 95.5 Å². The molecule has 0 aliphatic carbocycles. The van der Waals surface area contributed by atoms with Crippen LogP contribution in [0.2, 0.25) is 0 Å². The normalized spacial score (nSPS) is 10.2. The van der Waals surface area contributed by atoms with E-state index in [-0.39, 0.29) is 0 Å². The Balaban J connectivity index is 3.49. The third-order valence-electron chi connectivity index (χ3n) is 2.62. The predicted octanol–water partition coefficient (Wildman–Crippen LogP) is 3.31. The molecule has 1 N–H and O–H groups in total. The predicted molar refractivity (Wildman–Crippen MR) is 67.5 cm³/mol. The van der Waals surface area contributed by atoms with Crippen LogP contribution in [0.4, 0.5) is 0 Å². The Kier molecular flexibility index (Phi) is 3.80. The van der Waals surface area contributed by atoms with Crippen LogP contribution in [-0.4, -0.2) is 18.4 Å². The van der Waals surface area contributed by atoms with E-state index in [0.29, 0.717) is 5.04 Å². The molecule has 0 radical (unpaired) electrons. The van der Waals surface area contributed by atoms with Gasteiger partial charge >= 0.3 is 0 Å². The van der Waals surface area contributed by atoms with Crippen LogP contribution in [0.3, 0.4) is 0 Å². The maximum absolute atomic E-state index is 7.91. The number of hydrogen-bond donors (Lipinski definition) is 1. The molecule has 3 heteroatoms. The summed E-state index contributed by atoms with van der Waals surface area (Å²) in [5, 5.41) is 8.48. The molecule has 1 rings (SSSR count). The number of methoxy groups -OCH3 is 1. The second kappa shape index (κ2) is 4.71. The highest BCUT2D eigenvalue weighted by Crippen LogP contribution is 2.31. The zero-order valence-corrected chi connectivity index (χ0v) is 10.7. The number of rotatable bonds is 2. The van der Waals surface area contributed by atoms with Gasteiger partial charge in [-0.05, 0) is 43.7 Å². The van der Waals surface area contributed by atoms with Crippen molar-refractivity contribution < 1.29 is 4.74 Å². The van der Waals surface area contributed by atoms with E-state index in [0.717, 1.165) is 22.4 Å². The van der Waals surface area contributed by atoms with Gasteiger partial charge < -0.3 is 4.74 Å². The lowest BCUT2D eigenvalue weighted by Gasteiger charge is -2.16. The van der Waals surface area contributed by atoms with E-state index >= 15 is 0 Å². The number of nitrogens with one attached hydrogen (secondary N) is 1. The van der Waals surface area contributed by atoms with E-state index in [2.05, 4.69) is 13.0 Å². The fraction of sp³-hybridized carbons (Fsp3) is 0.417. The minimum atomic E-state index is 0.562. The van der Waals surface area contributed by atoms with Crippen molar-refractivity contribution >= 4 is 16.8 Å². The second-order valence-electron chi connectivity index (χ2n) is 3.58. The van der Waals surface area contributed by atoms with Gasteiger partial charge in [-0.2, -0.15) is 0 Å². The molecule has 0 aliphatic heterocycles. The van der Waals surface area contributed by atoms with Crippen molar-refractivity contribution in [3.8, 4) is 5.75 Å². The molecular formula is C12H17NOS. The van der Waals surface area contributed by atoms with Crippen molar-refractivity contribution in [1.29, 1.82) is 5.41 Å². The minimum absolute atomic E-state index is 0.562. The molecule has 2 nitrogen and oxygen atoms in total. The standard InChI is InChI=1S/C12H17NOS/c1-7-6-8(2)10(12(13)15-5)11(14-4)9(7)3/h6,13H,1-5H3. The van der Waals surface area contributed by atoms with Crippen molar-refractivity contribution in [2.75, 3.05) is 13.4 Å². The fourth-order valence-corrected chi connectivity index (χ4v) is 2.15. The molecule has 0 unspecified atom stereocenters. The molecule has 0 fully saturated rings. The third kappa shape index (κ3) is 2.17. The number of ether oxygens (including phenoxy) is 1. The summed E-state index contributed by atoms with van der Waals surface area (Å²) in [5.41, 5.74) is 4.36. The number of aryl methyl sites for hydroxylation is 2. The summed E-state index contributed by atoms with van der Waals surface area (Å²) in [5.74, 6) is 0.840. The molecule has 0 saturated heterocycles. The molecule has 0 aromatic heterocycles. The van der Waals surface area contributed by atoms with Crippen LogP contribution in [-0.2, 0) is 0 Å². The highest BCUT2D eigenvalue weighted by Gasteiger charge is 2.15. The van der Waals surface area contributed by atoms with Crippen LogP contribution in [0.25, 0.3) is 0 Å². The molecule has 0 spiro atoms. The molecule has 1 aromatic rings. The van der Waals surface area contributed by atoms with E-state index in [1.165, 1.54) is 17.3 Å². The first-order chi connectivity index (χ1) is 7.02. The molecule has 82 valence electrons. The molecule has 0 aliphatic rings. The highest BCUT2D eigenvalue weighted by molar-refractivity contribution is 8.13. The van der Waals surface area contributed by atoms with Gasteiger partial charge in [0.15, 0.2) is 0 Å². The van der Waals surface area contributed by atoms with Crippen molar-refractivity contribution in [2.24, 2.45) is 0 Å². The maximum atomic E-state index is 7.91. The molecular weight excluding hydrogens is 206 g/mol. The first kappa shape index (κ1) is 12.1. The average molecular weight is 223 g/mol. The van der Waals surface area contributed by atoms with Gasteiger partial charge in [0.1, 0.15) is 5.75 Å². The second-order valence-corrected chi connectivity index (χ2v) is 4.39. The Morgan fingerprint density at radius 3 is 2.33 bits per heavy atom. The number of benzene rings is 1. The Morgan fingerprint density at radius 2 is 1.87 bits per heavy atom. The van der Waals surface area contributed by atoms with Crippen LogP contribution in [0, 0.1) is 26.2 Å². The SMILES string of the molecule is COc1c(C)c(C)cc(C)c1C(=N)SC. The largest absolute Gasteiger partial charge is 0.496 e. The lowest BCUT2D eigenvalue weighted by Crippen LogP contribution is -2.04. The van der Waals surface area contributed by atoms with Crippen LogP contribution in [0.15, 0.2) is 6.07 Å². The van der Waals surface area contributed by atoms with Crippen LogP contribution in [0.1, 0.15) is 22.3 Å². The summed E-state index contributed by atoms with van der Waals surface area (Å²) in [4.78, 5) is 0. The van der Waals surface area contributed by atoms with Crippen molar-refractivity contribution in [3.63, 3.8) is 0 Å². The first-order valence-electron chi connectivity index (χ1n) is 4.80. The zero-order valence-electron chi connectivity index (χ0n) is 9.89. The van der Waals surface area contributed by atoms with Crippen LogP contribution in [0.5, 0.6) is 5.75 Å². The number of hydrogen-bond acceptors (Lipinski definition) is 3. The highest BCUT2D eigenvalue weighted by atomic mass is 32.2. The molecule has 0 saturated carbocycles. The summed E-state index contributed by atoms with van der Waals surface area (Å²) in [6, 6.07) is 2.11. The van der Waals surface area contributed by atoms with Crippen molar-refractivity contribution in [3.05, 3.63) is 28.3 Å². The van der Waals surface area contributed by atoms with Gasteiger partial charge in [0, 0.05) is 0 Å². The van der Waals surface area contributed by atoms with Crippen molar-refractivity contribution in [1.82, 2.24) is 0 Å². The molecule has 0 heterocycles. The lowest BCUT2D eigenvalue weighted by atomic mass is 9.99. The van der Waals surface area contributed by atoms with E-state index in [4.69, 9.17) is 10.1 Å². The van der Waals surface area contributed by atoms with E-state index in [1.807, 2.05) is 20.1 Å². The Bertz CT molecular complexity index is 399. The van der Waals surface area contributed by atoms with Crippen LogP contribution >= 0.6 is 11.8 Å². The van der Waals surface area contributed by atoms with Gasteiger partial charge in [-0.25, -0.2) is 0 Å². The van der Waals surface area contributed by atoms with Gasteiger partial charge in [0.2, 0.25) is 0 Å². The van der Waals surface area contributed by atoms with Crippen molar-refractivity contribution in [2.45, 2.75) is 20.8 Å². The van der Waals surface area contributed by atoms with Gasteiger partial charge in [-0.1, -0.05) is 6.07 Å². The van der Waals surface area contributed by atoms with E-state index in [9.17, 15) is 0 Å². The van der Waals surface area contributed by atoms with Gasteiger partial charge in [0.05, 0.1) is 17.7 Å². The van der Waals surface area contributed by atoms with E-state index in [1.54, 1.807) is 7.11 Å². The van der Waals surface area contributed by atoms with Gasteiger partial charge in [0.25, 0.3) is 0 Å². The summed E-state index contributed by atoms with van der Waals surface area (Å²) in [6.45, 7) is 6.12. The first-order valence-corrected chi connectivity index (χ1v) is 6.03. The smallest absolute Gasteiger partial charge is 0.132 e. The van der Waals surface area contributed by atoms with Crippen LogP contribution < -0.4 is 4.74 Å². The summed E-state index contributed by atoms with van der Waals surface area (Å²) in [6.07, 6.45) is 1.91. The molecule has 0 amide bonds. The maximum Gasteiger partial charge on any atom is 0.132 e. The fourth-order valence-electron chi connectivity index (χ4n) is 1.69. The Morgan fingerprint density at radius 1 is 1.27 bits per heavy atom. The molecule has 1 aromatic carbocycles. The average Bonchev–Trinajstić information content (AvgIpc) is 2.21.